The van der Waals surface area contributed by atoms with Crippen LogP contribution in [-0.2, 0) is 9.59 Å². The van der Waals surface area contributed by atoms with Crippen LogP contribution in [-0.4, -0.2) is 34.2 Å². The molecule has 0 saturated carbocycles. The van der Waals surface area contributed by atoms with Crippen molar-refractivity contribution in [3.63, 3.8) is 0 Å². The second kappa shape index (κ2) is 3.51. The van der Waals surface area contributed by atoms with E-state index in [1.54, 1.807) is 0 Å². The molecule has 0 aliphatic carbocycles. The van der Waals surface area contributed by atoms with Crippen LogP contribution in [0.15, 0.2) is 0 Å². The van der Waals surface area contributed by atoms with E-state index in [0.29, 0.717) is 12.8 Å². The number of hydrazine groups is 1. The minimum absolute atomic E-state index is 0.333. The molecule has 0 spiro atoms. The van der Waals surface area contributed by atoms with Gasteiger partial charge >= 0.3 is 11.9 Å². The molecule has 0 aromatic rings. The minimum Gasteiger partial charge on any atom is -0.480 e. The largest absolute Gasteiger partial charge is 0.480 e. The van der Waals surface area contributed by atoms with Crippen LogP contribution in [0, 0.1) is 0 Å². The van der Waals surface area contributed by atoms with Gasteiger partial charge in [0.1, 0.15) is 12.1 Å². The standard InChI is InChI=1S/C6H10N2O4/c9-5(10)3-1-2-4(6(11)12)8-7-3/h3-4,7-8H,1-2H2,(H,9,10)(H,11,12)/t3-,4-/m0/s1. The van der Waals surface area contributed by atoms with E-state index in [1.165, 1.54) is 0 Å². The van der Waals surface area contributed by atoms with Crippen molar-refractivity contribution in [1.82, 2.24) is 10.9 Å². The van der Waals surface area contributed by atoms with Crippen LogP contribution in [0.3, 0.4) is 0 Å². The summed E-state index contributed by atoms with van der Waals surface area (Å²) in [6.07, 6.45) is 0.665. The average molecular weight is 174 g/mol. The summed E-state index contributed by atoms with van der Waals surface area (Å²) >= 11 is 0. The first kappa shape index (κ1) is 8.95. The summed E-state index contributed by atoms with van der Waals surface area (Å²) in [6, 6.07) is -1.36. The average Bonchev–Trinajstić information content (AvgIpc) is 2.04. The van der Waals surface area contributed by atoms with Crippen molar-refractivity contribution < 1.29 is 19.8 Å². The monoisotopic (exact) mass is 174 g/mol. The molecule has 0 bridgehead atoms. The van der Waals surface area contributed by atoms with Crippen LogP contribution in [0.1, 0.15) is 12.8 Å². The second-order valence-electron chi connectivity index (χ2n) is 2.65. The highest BCUT2D eigenvalue weighted by atomic mass is 16.4. The van der Waals surface area contributed by atoms with Gasteiger partial charge in [-0.3, -0.25) is 9.59 Å². The van der Waals surface area contributed by atoms with E-state index in [2.05, 4.69) is 10.9 Å². The van der Waals surface area contributed by atoms with Gasteiger partial charge in [0, 0.05) is 0 Å². The lowest BCUT2D eigenvalue weighted by atomic mass is 10.0. The van der Waals surface area contributed by atoms with Crippen LogP contribution in [0.5, 0.6) is 0 Å². The van der Waals surface area contributed by atoms with Gasteiger partial charge in [-0.25, -0.2) is 10.9 Å². The van der Waals surface area contributed by atoms with Gasteiger partial charge in [0.15, 0.2) is 0 Å². The van der Waals surface area contributed by atoms with Crippen molar-refractivity contribution in [2.45, 2.75) is 24.9 Å². The number of hydrogen-bond donors (Lipinski definition) is 4. The molecular weight excluding hydrogens is 164 g/mol. The first-order valence-corrected chi connectivity index (χ1v) is 3.58. The third kappa shape index (κ3) is 1.93. The zero-order chi connectivity index (χ0) is 9.14. The molecule has 0 radical (unpaired) electrons. The van der Waals surface area contributed by atoms with Crippen molar-refractivity contribution in [2.24, 2.45) is 0 Å². The summed E-state index contributed by atoms with van der Waals surface area (Å²) < 4.78 is 0. The molecule has 0 aromatic heterocycles. The number of aliphatic carboxylic acids is 2. The number of carbonyl (C=O) groups is 2. The lowest BCUT2D eigenvalue weighted by molar-refractivity contribution is -0.145. The lowest BCUT2D eigenvalue weighted by Gasteiger charge is -2.25. The molecule has 6 heteroatoms. The van der Waals surface area contributed by atoms with Crippen LogP contribution in [0.25, 0.3) is 0 Å². The third-order valence-electron chi connectivity index (χ3n) is 1.77. The Morgan fingerprint density at radius 2 is 1.33 bits per heavy atom. The Morgan fingerprint density at radius 1 is 1.00 bits per heavy atom. The van der Waals surface area contributed by atoms with E-state index < -0.39 is 24.0 Å². The SMILES string of the molecule is O=C(O)[C@@H]1CC[C@@H](C(=O)O)NN1. The molecule has 0 unspecified atom stereocenters. The highest BCUT2D eigenvalue weighted by Crippen LogP contribution is 2.06. The predicted molar refractivity (Wildman–Crippen MR) is 38.4 cm³/mol. The zero-order valence-electron chi connectivity index (χ0n) is 6.28. The van der Waals surface area contributed by atoms with E-state index in [9.17, 15) is 9.59 Å². The summed E-state index contributed by atoms with van der Waals surface area (Å²) in [6.45, 7) is 0. The number of rotatable bonds is 2. The number of carboxylic acids is 2. The molecule has 1 rings (SSSR count). The van der Waals surface area contributed by atoms with E-state index in [4.69, 9.17) is 10.2 Å². The van der Waals surface area contributed by atoms with Crippen molar-refractivity contribution in [2.75, 3.05) is 0 Å². The molecule has 1 aliphatic rings. The first-order chi connectivity index (χ1) is 5.61. The molecular formula is C6H10N2O4. The highest BCUT2D eigenvalue weighted by molar-refractivity contribution is 5.76. The summed E-state index contributed by atoms with van der Waals surface area (Å²) in [5.74, 6) is -1.93. The molecule has 6 nitrogen and oxygen atoms in total. The molecule has 2 atom stereocenters. The lowest BCUT2D eigenvalue weighted by Crippen LogP contribution is -2.57. The Morgan fingerprint density at radius 3 is 1.50 bits per heavy atom. The first-order valence-electron chi connectivity index (χ1n) is 3.58. The smallest absolute Gasteiger partial charge is 0.322 e. The van der Waals surface area contributed by atoms with Crippen LogP contribution in [0.2, 0.25) is 0 Å². The predicted octanol–water partition coefficient (Wildman–Crippen LogP) is -1.22. The molecule has 68 valence electrons. The maximum atomic E-state index is 10.4. The molecule has 1 fully saturated rings. The van der Waals surface area contributed by atoms with Gasteiger partial charge in [-0.15, -0.1) is 0 Å². The van der Waals surface area contributed by atoms with E-state index in [1.807, 2.05) is 0 Å². The Labute approximate surface area is 68.5 Å². The molecule has 4 N–H and O–H groups in total. The fourth-order valence-corrected chi connectivity index (χ4v) is 1.05. The molecule has 12 heavy (non-hydrogen) atoms. The Balaban J connectivity index is 2.39. The quantitative estimate of drug-likeness (QED) is 0.419. The Hall–Kier alpha value is -1.14. The molecule has 1 aliphatic heterocycles. The molecule has 0 aromatic carbocycles. The zero-order valence-corrected chi connectivity index (χ0v) is 6.28. The van der Waals surface area contributed by atoms with Gasteiger partial charge in [0.25, 0.3) is 0 Å². The number of nitrogens with one attached hydrogen (secondary N) is 2. The van der Waals surface area contributed by atoms with E-state index >= 15 is 0 Å². The second-order valence-corrected chi connectivity index (χ2v) is 2.65. The maximum Gasteiger partial charge on any atom is 0.322 e. The van der Waals surface area contributed by atoms with Crippen LogP contribution in [0.4, 0.5) is 0 Å². The highest BCUT2D eigenvalue weighted by Gasteiger charge is 2.28. The summed E-state index contributed by atoms with van der Waals surface area (Å²) in [5, 5.41) is 17.0. The Kier molecular flexibility index (Phi) is 2.61. The normalized spacial score (nSPS) is 29.7. The summed E-state index contributed by atoms with van der Waals surface area (Å²) in [7, 11) is 0. The van der Waals surface area contributed by atoms with Gasteiger partial charge in [-0.1, -0.05) is 0 Å². The number of carboxylic acid groups (broad SMARTS) is 2. The topological polar surface area (TPSA) is 98.7 Å². The summed E-state index contributed by atoms with van der Waals surface area (Å²) in [4.78, 5) is 20.8. The maximum absolute atomic E-state index is 10.4. The molecule has 1 saturated heterocycles. The molecule has 1 heterocycles. The Bertz CT molecular complexity index is 176. The van der Waals surface area contributed by atoms with Gasteiger partial charge in [0.05, 0.1) is 0 Å². The third-order valence-corrected chi connectivity index (χ3v) is 1.77. The van der Waals surface area contributed by atoms with Gasteiger partial charge in [-0.2, -0.15) is 0 Å². The minimum atomic E-state index is -0.966. The van der Waals surface area contributed by atoms with E-state index in [0.717, 1.165) is 0 Å². The van der Waals surface area contributed by atoms with Crippen molar-refractivity contribution >= 4 is 11.9 Å². The number of hydrogen-bond acceptors (Lipinski definition) is 4. The molecule has 0 amide bonds. The van der Waals surface area contributed by atoms with Crippen molar-refractivity contribution in [3.05, 3.63) is 0 Å². The fraction of sp³-hybridized carbons (Fsp3) is 0.667. The fourth-order valence-electron chi connectivity index (χ4n) is 1.05. The summed E-state index contributed by atoms with van der Waals surface area (Å²) in [5.41, 5.74) is 4.84. The van der Waals surface area contributed by atoms with Crippen LogP contribution >= 0.6 is 0 Å². The van der Waals surface area contributed by atoms with Gasteiger partial charge in [0.2, 0.25) is 0 Å². The van der Waals surface area contributed by atoms with Crippen molar-refractivity contribution in [3.8, 4) is 0 Å². The van der Waals surface area contributed by atoms with Crippen LogP contribution < -0.4 is 10.9 Å². The van der Waals surface area contributed by atoms with Gasteiger partial charge in [-0.05, 0) is 12.8 Å². The van der Waals surface area contributed by atoms with Gasteiger partial charge < -0.3 is 10.2 Å². The van der Waals surface area contributed by atoms with Crippen molar-refractivity contribution in [1.29, 1.82) is 0 Å². The van der Waals surface area contributed by atoms with E-state index in [-0.39, 0.29) is 0 Å².